The fourth-order valence-corrected chi connectivity index (χ4v) is 8.71. The van der Waals surface area contributed by atoms with Crippen LogP contribution in [-0.4, -0.2) is 47.4 Å². The number of amides is 1. The predicted molar refractivity (Wildman–Crippen MR) is 296 cm³/mol. The fraction of sp³-hybridized carbons (Fsp3) is 0.806. The van der Waals surface area contributed by atoms with Crippen molar-refractivity contribution >= 4 is 11.9 Å². The summed E-state index contributed by atoms with van der Waals surface area (Å²) in [6.07, 6.45) is 73.8. The van der Waals surface area contributed by atoms with Crippen LogP contribution in [0.15, 0.2) is 60.8 Å². The molecule has 0 saturated heterocycles. The van der Waals surface area contributed by atoms with Crippen molar-refractivity contribution in [3.63, 3.8) is 0 Å². The minimum atomic E-state index is -0.852. The zero-order valence-electron chi connectivity index (χ0n) is 45.1. The van der Waals surface area contributed by atoms with Crippen LogP contribution >= 0.6 is 0 Å². The van der Waals surface area contributed by atoms with Gasteiger partial charge in [-0.15, -0.1) is 0 Å². The van der Waals surface area contributed by atoms with E-state index in [2.05, 4.69) is 67.8 Å². The van der Waals surface area contributed by atoms with Crippen molar-refractivity contribution in [3.8, 4) is 0 Å². The van der Waals surface area contributed by atoms with Crippen LogP contribution in [-0.2, 0) is 14.3 Å². The van der Waals surface area contributed by atoms with E-state index < -0.39 is 12.1 Å². The third kappa shape index (κ3) is 52.9. The number of esters is 1. The van der Waals surface area contributed by atoms with Gasteiger partial charge in [0.15, 0.2) is 0 Å². The maximum atomic E-state index is 12.5. The van der Waals surface area contributed by atoms with E-state index in [9.17, 15) is 19.8 Å². The SMILES string of the molecule is CCCCC/C=C\C/C=C\CCCCCCCCCC(=O)OCCCCC/C=C\C=C/CCCCCCCCCCCCC(=O)NC(CO)C(O)/C=C/CCCCCCCCCCCCCCC. The molecular weight excluding hydrogens is 839 g/mol. The van der Waals surface area contributed by atoms with Crippen molar-refractivity contribution in [3.05, 3.63) is 60.8 Å². The maximum absolute atomic E-state index is 12.5. The fourth-order valence-electron chi connectivity index (χ4n) is 8.71. The summed E-state index contributed by atoms with van der Waals surface area (Å²) in [7, 11) is 0. The number of ether oxygens (including phenoxy) is 1. The summed E-state index contributed by atoms with van der Waals surface area (Å²) in [6, 6.07) is -0.637. The second-order valence-corrected chi connectivity index (χ2v) is 20.0. The van der Waals surface area contributed by atoms with E-state index in [1.807, 2.05) is 6.08 Å². The number of hydrogen-bond acceptors (Lipinski definition) is 5. The number of nitrogens with one attached hydrogen (secondary N) is 1. The summed E-state index contributed by atoms with van der Waals surface area (Å²) < 4.78 is 5.46. The van der Waals surface area contributed by atoms with Gasteiger partial charge in [-0.25, -0.2) is 0 Å². The Bertz CT molecular complexity index is 1190. The molecule has 3 N–H and O–H groups in total. The van der Waals surface area contributed by atoms with Crippen LogP contribution in [0.5, 0.6) is 0 Å². The molecule has 0 aromatic rings. The van der Waals surface area contributed by atoms with Crippen molar-refractivity contribution in [2.45, 2.75) is 309 Å². The highest BCUT2D eigenvalue weighted by atomic mass is 16.5. The average Bonchev–Trinajstić information content (AvgIpc) is 3.34. The first-order chi connectivity index (χ1) is 33.5. The molecule has 2 unspecified atom stereocenters. The monoisotopic (exact) mass is 952 g/mol. The summed E-state index contributed by atoms with van der Waals surface area (Å²) in [5.41, 5.74) is 0. The lowest BCUT2D eigenvalue weighted by atomic mass is 10.0. The minimum absolute atomic E-state index is 0.0226. The van der Waals surface area contributed by atoms with Gasteiger partial charge in [-0.3, -0.25) is 9.59 Å². The summed E-state index contributed by atoms with van der Waals surface area (Å²) >= 11 is 0. The van der Waals surface area contributed by atoms with E-state index >= 15 is 0 Å². The Balaban J connectivity index is 3.51. The molecule has 0 saturated carbocycles. The maximum Gasteiger partial charge on any atom is 0.305 e. The highest BCUT2D eigenvalue weighted by molar-refractivity contribution is 5.76. The third-order valence-corrected chi connectivity index (χ3v) is 13.3. The van der Waals surface area contributed by atoms with Crippen LogP contribution in [0.2, 0.25) is 0 Å². The number of carbonyl (C=O) groups excluding carboxylic acids is 2. The van der Waals surface area contributed by atoms with Crippen molar-refractivity contribution in [2.75, 3.05) is 13.2 Å². The predicted octanol–water partition coefficient (Wildman–Crippen LogP) is 18.4. The molecular formula is C62H113NO5. The first-order valence-electron chi connectivity index (χ1n) is 29.6. The van der Waals surface area contributed by atoms with Crippen LogP contribution in [0.1, 0.15) is 296 Å². The smallest absolute Gasteiger partial charge is 0.305 e. The standard InChI is InChI=1S/C62H113NO5/c1-3-5-7-9-11-13-15-17-19-23-28-32-36-40-44-48-52-56-62(67)68-57-53-49-45-41-37-33-29-25-22-20-21-24-27-31-35-39-43-47-51-55-61(66)63-59(58-64)60(65)54-50-46-42-38-34-30-26-18-16-14-12-10-8-6-4-2/h11,13,17,19,25,29,33,37,50,54,59-60,64-65H,3-10,12,14-16,18,20-24,26-28,30-32,34-36,38-49,51-53,55-58H2,1-2H3,(H,63,66)/b13-11-,19-17-,29-25-,37-33-,54-50+. The Kier molecular flexibility index (Phi) is 55.1. The Morgan fingerprint density at radius 2 is 0.779 bits per heavy atom. The van der Waals surface area contributed by atoms with Crippen LogP contribution in [0.25, 0.3) is 0 Å². The van der Waals surface area contributed by atoms with Gasteiger partial charge in [0.05, 0.1) is 25.4 Å². The largest absolute Gasteiger partial charge is 0.466 e. The quantitative estimate of drug-likeness (QED) is 0.0244. The molecule has 396 valence electrons. The Labute approximate surface area is 422 Å². The zero-order chi connectivity index (χ0) is 49.3. The Morgan fingerprint density at radius 1 is 0.426 bits per heavy atom. The van der Waals surface area contributed by atoms with E-state index in [1.165, 1.54) is 186 Å². The summed E-state index contributed by atoms with van der Waals surface area (Å²) in [5, 5.41) is 23.1. The lowest BCUT2D eigenvalue weighted by Gasteiger charge is -2.20. The molecule has 0 bridgehead atoms. The number of aliphatic hydroxyl groups excluding tert-OH is 2. The molecule has 6 heteroatoms. The van der Waals surface area contributed by atoms with Gasteiger partial charge in [0.2, 0.25) is 5.91 Å². The molecule has 0 aromatic carbocycles. The lowest BCUT2D eigenvalue weighted by molar-refractivity contribution is -0.143. The topological polar surface area (TPSA) is 95.9 Å². The molecule has 68 heavy (non-hydrogen) atoms. The van der Waals surface area contributed by atoms with E-state index in [-0.39, 0.29) is 18.5 Å². The number of rotatable bonds is 54. The molecule has 0 spiro atoms. The Morgan fingerprint density at radius 3 is 1.24 bits per heavy atom. The summed E-state index contributed by atoms with van der Waals surface area (Å²) in [4.78, 5) is 24.5. The average molecular weight is 953 g/mol. The number of unbranched alkanes of at least 4 members (excludes halogenated alkanes) is 36. The highest BCUT2D eigenvalue weighted by Gasteiger charge is 2.18. The van der Waals surface area contributed by atoms with E-state index in [4.69, 9.17) is 4.74 Å². The molecule has 0 aliphatic heterocycles. The number of allylic oxidation sites excluding steroid dienone is 9. The van der Waals surface area contributed by atoms with Gasteiger partial charge < -0.3 is 20.3 Å². The normalized spacial score (nSPS) is 13.1. The molecule has 1 amide bonds. The van der Waals surface area contributed by atoms with Gasteiger partial charge in [-0.05, 0) is 96.3 Å². The van der Waals surface area contributed by atoms with E-state index in [1.54, 1.807) is 6.08 Å². The molecule has 0 aromatic heterocycles. The van der Waals surface area contributed by atoms with Gasteiger partial charge >= 0.3 is 5.97 Å². The highest BCUT2D eigenvalue weighted by Crippen LogP contribution is 2.16. The molecule has 0 radical (unpaired) electrons. The summed E-state index contributed by atoms with van der Waals surface area (Å²) in [6.45, 7) is 4.83. The van der Waals surface area contributed by atoms with Crippen LogP contribution in [0, 0.1) is 0 Å². The van der Waals surface area contributed by atoms with Gasteiger partial charge in [0.1, 0.15) is 0 Å². The molecule has 0 aliphatic rings. The Hall–Kier alpha value is -2.44. The van der Waals surface area contributed by atoms with Crippen LogP contribution in [0.3, 0.4) is 0 Å². The first-order valence-corrected chi connectivity index (χ1v) is 29.6. The minimum Gasteiger partial charge on any atom is -0.466 e. The van der Waals surface area contributed by atoms with Crippen LogP contribution < -0.4 is 5.32 Å². The molecule has 0 fully saturated rings. The van der Waals surface area contributed by atoms with Crippen molar-refractivity contribution in [1.29, 1.82) is 0 Å². The van der Waals surface area contributed by atoms with E-state index in [0.29, 0.717) is 19.4 Å². The number of hydrogen-bond donors (Lipinski definition) is 3. The van der Waals surface area contributed by atoms with Gasteiger partial charge in [-0.1, -0.05) is 248 Å². The van der Waals surface area contributed by atoms with E-state index in [0.717, 1.165) is 83.5 Å². The number of aliphatic hydroxyl groups is 2. The second-order valence-electron chi connectivity index (χ2n) is 20.0. The number of carbonyl (C=O) groups is 2. The van der Waals surface area contributed by atoms with Gasteiger partial charge in [0.25, 0.3) is 0 Å². The zero-order valence-corrected chi connectivity index (χ0v) is 45.1. The van der Waals surface area contributed by atoms with Gasteiger partial charge in [-0.2, -0.15) is 0 Å². The van der Waals surface area contributed by atoms with Crippen molar-refractivity contribution < 1.29 is 24.5 Å². The van der Waals surface area contributed by atoms with Crippen molar-refractivity contribution in [1.82, 2.24) is 5.32 Å². The molecule has 0 aliphatic carbocycles. The first kappa shape index (κ1) is 65.6. The lowest BCUT2D eigenvalue weighted by Crippen LogP contribution is -2.45. The third-order valence-electron chi connectivity index (χ3n) is 13.3. The summed E-state index contributed by atoms with van der Waals surface area (Å²) in [5.74, 6) is -0.101. The van der Waals surface area contributed by atoms with Crippen molar-refractivity contribution in [2.24, 2.45) is 0 Å². The van der Waals surface area contributed by atoms with Gasteiger partial charge in [0, 0.05) is 12.8 Å². The second kappa shape index (κ2) is 57.1. The molecule has 2 atom stereocenters. The van der Waals surface area contributed by atoms with Crippen LogP contribution in [0.4, 0.5) is 0 Å². The molecule has 0 heterocycles. The molecule has 6 nitrogen and oxygen atoms in total. The molecule has 0 rings (SSSR count).